The smallest absolute Gasteiger partial charge is 0.265 e. The van der Waals surface area contributed by atoms with Crippen molar-refractivity contribution < 1.29 is 13.6 Å². The van der Waals surface area contributed by atoms with E-state index < -0.39 is 6.43 Å². The van der Waals surface area contributed by atoms with Crippen LogP contribution in [0.2, 0.25) is 0 Å². The summed E-state index contributed by atoms with van der Waals surface area (Å²) in [5.41, 5.74) is 8.36. The van der Waals surface area contributed by atoms with E-state index in [2.05, 4.69) is 44.8 Å². The minimum absolute atomic E-state index is 0.197. The van der Waals surface area contributed by atoms with Gasteiger partial charge in [-0.2, -0.15) is 0 Å². The van der Waals surface area contributed by atoms with E-state index in [9.17, 15) is 13.6 Å². The Labute approximate surface area is 177 Å². The van der Waals surface area contributed by atoms with Gasteiger partial charge in [-0.15, -0.1) is 11.3 Å². The van der Waals surface area contributed by atoms with Crippen molar-refractivity contribution in [3.05, 3.63) is 52.5 Å². The molecule has 0 atom stereocenters. The summed E-state index contributed by atoms with van der Waals surface area (Å²) in [6.07, 6.45) is -0.822. The first-order valence-electron chi connectivity index (χ1n) is 9.82. The molecule has 0 saturated carbocycles. The fourth-order valence-corrected chi connectivity index (χ4v) is 4.46. The minimum atomic E-state index is -2.63. The van der Waals surface area contributed by atoms with Gasteiger partial charge in [-0.05, 0) is 30.2 Å². The highest BCUT2D eigenvalue weighted by Crippen LogP contribution is 2.34. The van der Waals surface area contributed by atoms with Gasteiger partial charge in [-0.1, -0.05) is 12.1 Å². The number of nitrogens with one attached hydrogen (secondary N) is 2. The van der Waals surface area contributed by atoms with Crippen LogP contribution in [0.25, 0.3) is 10.2 Å². The average molecular weight is 432 g/mol. The first-order chi connectivity index (χ1) is 14.5. The second kappa shape index (κ2) is 8.93. The number of anilines is 2. The Morgan fingerprint density at radius 1 is 1.27 bits per heavy atom. The summed E-state index contributed by atoms with van der Waals surface area (Å²) >= 11 is 1.11. The topological polar surface area (TPSA) is 83.3 Å². The Kier molecular flexibility index (Phi) is 6.10. The number of fused-ring (bicyclic) bond motifs is 1. The van der Waals surface area contributed by atoms with Gasteiger partial charge in [0.2, 0.25) is 0 Å². The van der Waals surface area contributed by atoms with Crippen LogP contribution in [-0.2, 0) is 6.42 Å². The summed E-state index contributed by atoms with van der Waals surface area (Å²) in [4.78, 5) is 19.7. The fraction of sp³-hybridized carbons (Fsp3) is 0.333. The van der Waals surface area contributed by atoms with Crippen LogP contribution in [0, 0.1) is 0 Å². The normalized spacial score (nSPS) is 14.4. The number of nitrogens with two attached hydrogens (primary N) is 1. The summed E-state index contributed by atoms with van der Waals surface area (Å²) in [5.74, 6) is -0.313. The number of aromatic nitrogens is 1. The summed E-state index contributed by atoms with van der Waals surface area (Å²) < 4.78 is 25.8. The van der Waals surface area contributed by atoms with E-state index in [1.165, 1.54) is 11.8 Å². The molecule has 158 valence electrons. The number of rotatable bonds is 6. The van der Waals surface area contributed by atoms with Crippen molar-refractivity contribution in [1.29, 1.82) is 0 Å². The lowest BCUT2D eigenvalue weighted by molar-refractivity contribution is 0.0959. The summed E-state index contributed by atoms with van der Waals surface area (Å²) in [6, 6.07) is 9.67. The number of pyridine rings is 1. The zero-order chi connectivity index (χ0) is 21.1. The molecule has 0 spiro atoms. The van der Waals surface area contributed by atoms with Crippen LogP contribution < -0.4 is 21.3 Å². The summed E-state index contributed by atoms with van der Waals surface area (Å²) in [6.45, 7) is 4.44. The van der Waals surface area contributed by atoms with Gasteiger partial charge in [0, 0.05) is 55.6 Å². The molecule has 30 heavy (non-hydrogen) atoms. The van der Waals surface area contributed by atoms with Gasteiger partial charge in [-0.25, -0.2) is 13.8 Å². The number of carbonyl (C=O) groups excluding carboxylic acids is 1. The predicted molar refractivity (Wildman–Crippen MR) is 117 cm³/mol. The van der Waals surface area contributed by atoms with Gasteiger partial charge >= 0.3 is 0 Å². The molecule has 0 aliphatic carbocycles. The van der Waals surface area contributed by atoms with Gasteiger partial charge in [0.05, 0.1) is 5.69 Å². The van der Waals surface area contributed by atoms with E-state index in [1.807, 2.05) is 0 Å². The molecule has 0 unspecified atom stereocenters. The van der Waals surface area contributed by atoms with Crippen molar-refractivity contribution in [2.24, 2.45) is 0 Å². The lowest BCUT2D eigenvalue weighted by Gasteiger charge is -2.29. The minimum Gasteiger partial charge on any atom is -0.397 e. The highest BCUT2D eigenvalue weighted by Gasteiger charge is 2.19. The number of nitrogen functional groups attached to an aromatic ring is 1. The zero-order valence-corrected chi connectivity index (χ0v) is 17.1. The van der Waals surface area contributed by atoms with Gasteiger partial charge in [0.1, 0.15) is 9.71 Å². The molecule has 1 aliphatic heterocycles. The predicted octanol–water partition coefficient (Wildman–Crippen LogP) is 3.20. The molecule has 4 rings (SSSR count). The zero-order valence-electron chi connectivity index (χ0n) is 16.3. The highest BCUT2D eigenvalue weighted by molar-refractivity contribution is 7.21. The Morgan fingerprint density at radius 2 is 2.00 bits per heavy atom. The maximum atomic E-state index is 12.9. The maximum Gasteiger partial charge on any atom is 0.265 e. The van der Waals surface area contributed by atoms with E-state index in [-0.39, 0.29) is 17.2 Å². The SMILES string of the molecule is Nc1c(C(=O)NCCc2ccc(N3CCNCC3)cc2)sc2ncc(C(F)F)cc12. The van der Waals surface area contributed by atoms with Crippen molar-refractivity contribution >= 4 is 38.8 Å². The van der Waals surface area contributed by atoms with Crippen LogP contribution in [0.4, 0.5) is 20.2 Å². The number of halogens is 2. The number of alkyl halides is 2. The number of hydrogen-bond donors (Lipinski definition) is 3. The molecular formula is C21H23F2N5OS. The Hall–Kier alpha value is -2.78. The third-order valence-electron chi connectivity index (χ3n) is 5.18. The molecule has 3 heterocycles. The largest absolute Gasteiger partial charge is 0.397 e. The molecule has 3 aromatic rings. The van der Waals surface area contributed by atoms with Crippen molar-refractivity contribution in [2.75, 3.05) is 43.4 Å². The van der Waals surface area contributed by atoms with Crippen LogP contribution in [0.5, 0.6) is 0 Å². The van der Waals surface area contributed by atoms with E-state index in [1.54, 1.807) is 0 Å². The van der Waals surface area contributed by atoms with Gasteiger partial charge in [0.15, 0.2) is 0 Å². The maximum absolute atomic E-state index is 12.9. The highest BCUT2D eigenvalue weighted by atomic mass is 32.1. The number of carbonyl (C=O) groups is 1. The number of nitrogens with zero attached hydrogens (tertiary/aromatic N) is 2. The molecule has 9 heteroatoms. The van der Waals surface area contributed by atoms with Crippen molar-refractivity contribution in [1.82, 2.24) is 15.6 Å². The third-order valence-corrected chi connectivity index (χ3v) is 6.31. The summed E-state index contributed by atoms with van der Waals surface area (Å²) in [7, 11) is 0. The number of hydrogen-bond acceptors (Lipinski definition) is 6. The van der Waals surface area contributed by atoms with E-state index in [0.717, 1.165) is 49.3 Å². The van der Waals surface area contributed by atoms with Gasteiger partial charge in [0.25, 0.3) is 12.3 Å². The number of benzene rings is 1. The Morgan fingerprint density at radius 3 is 2.70 bits per heavy atom. The van der Waals surface area contributed by atoms with Crippen molar-refractivity contribution in [3.63, 3.8) is 0 Å². The van der Waals surface area contributed by atoms with E-state index in [0.29, 0.717) is 28.1 Å². The number of thiophene rings is 1. The molecule has 1 amide bonds. The van der Waals surface area contributed by atoms with Crippen LogP contribution >= 0.6 is 11.3 Å². The molecule has 6 nitrogen and oxygen atoms in total. The average Bonchev–Trinajstić information content (AvgIpc) is 3.11. The first-order valence-corrected chi connectivity index (χ1v) is 10.6. The second-order valence-corrected chi connectivity index (χ2v) is 8.18. The van der Waals surface area contributed by atoms with Gasteiger partial charge < -0.3 is 21.3 Å². The molecule has 1 fully saturated rings. The summed E-state index contributed by atoms with van der Waals surface area (Å²) in [5, 5.41) is 6.60. The quantitative estimate of drug-likeness (QED) is 0.558. The van der Waals surface area contributed by atoms with Crippen molar-refractivity contribution in [3.8, 4) is 0 Å². The molecule has 1 aliphatic rings. The molecule has 1 aromatic carbocycles. The number of piperazine rings is 1. The monoisotopic (exact) mass is 431 g/mol. The fourth-order valence-electron chi connectivity index (χ4n) is 3.50. The Balaban J connectivity index is 1.36. The van der Waals surface area contributed by atoms with Crippen molar-refractivity contribution in [2.45, 2.75) is 12.8 Å². The van der Waals surface area contributed by atoms with Crippen LogP contribution in [-0.4, -0.2) is 43.6 Å². The molecular weight excluding hydrogens is 408 g/mol. The third kappa shape index (κ3) is 4.36. The molecule has 0 bridgehead atoms. The molecule has 1 saturated heterocycles. The Bertz CT molecular complexity index is 1030. The van der Waals surface area contributed by atoms with E-state index in [4.69, 9.17) is 5.73 Å². The standard InChI is InChI=1S/C21H23F2N5OS/c22-19(23)14-11-16-17(24)18(30-21(16)27-12-14)20(29)26-6-5-13-1-3-15(4-2-13)28-9-7-25-8-10-28/h1-4,11-12,19,25H,5-10,24H2,(H,26,29). The molecule has 4 N–H and O–H groups in total. The number of amides is 1. The molecule has 0 radical (unpaired) electrons. The lowest BCUT2D eigenvalue weighted by atomic mass is 10.1. The lowest BCUT2D eigenvalue weighted by Crippen LogP contribution is -2.43. The first kappa shape index (κ1) is 20.5. The van der Waals surface area contributed by atoms with E-state index >= 15 is 0 Å². The second-order valence-electron chi connectivity index (χ2n) is 7.18. The van der Waals surface area contributed by atoms with Crippen LogP contribution in [0.15, 0.2) is 36.5 Å². The van der Waals surface area contributed by atoms with Crippen LogP contribution in [0.1, 0.15) is 27.2 Å². The van der Waals surface area contributed by atoms with Gasteiger partial charge in [-0.3, -0.25) is 4.79 Å². The molecule has 2 aromatic heterocycles. The van der Waals surface area contributed by atoms with Crippen LogP contribution in [0.3, 0.4) is 0 Å².